The van der Waals surface area contributed by atoms with Crippen molar-refractivity contribution in [3.63, 3.8) is 0 Å². The van der Waals surface area contributed by atoms with E-state index in [2.05, 4.69) is 16.0 Å². The number of ketones is 1. The van der Waals surface area contributed by atoms with Crippen LogP contribution < -0.4 is 16.0 Å². The van der Waals surface area contributed by atoms with Crippen LogP contribution in [0.25, 0.3) is 0 Å². The Kier molecular flexibility index (Phi) is 15.8. The highest BCUT2D eigenvalue weighted by atomic mass is 16.2. The number of hydrogen-bond donors (Lipinski definition) is 3. The zero-order valence-corrected chi connectivity index (χ0v) is 19.6. The van der Waals surface area contributed by atoms with E-state index >= 15 is 0 Å². The molecule has 0 atom stereocenters. The normalized spacial score (nSPS) is 18.1. The Morgan fingerprint density at radius 1 is 0.867 bits per heavy atom. The van der Waals surface area contributed by atoms with Gasteiger partial charge in [0.1, 0.15) is 5.78 Å². The highest BCUT2D eigenvalue weighted by Crippen LogP contribution is 2.25. The minimum atomic E-state index is -0.136. The molecule has 1 saturated carbocycles. The number of nitrogens with one attached hydrogen (secondary N) is 3. The molecule has 0 aromatic carbocycles. The number of Topliss-reactive ketones (excluding diaryl/α,β-unsaturated/α-hetero) is 1. The maximum absolute atomic E-state index is 12.0. The van der Waals surface area contributed by atoms with Crippen LogP contribution in [0.5, 0.6) is 0 Å². The van der Waals surface area contributed by atoms with E-state index in [1.165, 1.54) is 0 Å². The van der Waals surface area contributed by atoms with Gasteiger partial charge in [-0.3, -0.25) is 19.2 Å². The number of carbonyl (C=O) groups is 4. The van der Waals surface area contributed by atoms with E-state index in [0.717, 1.165) is 25.7 Å². The summed E-state index contributed by atoms with van der Waals surface area (Å²) in [6.45, 7) is 10.9. The molecule has 0 saturated heterocycles. The van der Waals surface area contributed by atoms with Crippen molar-refractivity contribution in [3.05, 3.63) is 0 Å². The van der Waals surface area contributed by atoms with Gasteiger partial charge in [0.2, 0.25) is 17.7 Å². The number of amides is 3. The average Bonchev–Trinajstić information content (AvgIpc) is 2.73. The van der Waals surface area contributed by atoms with Crippen LogP contribution in [-0.2, 0) is 19.2 Å². The molecule has 30 heavy (non-hydrogen) atoms. The Morgan fingerprint density at radius 3 is 2.00 bits per heavy atom. The maximum Gasteiger partial charge on any atom is 0.221 e. The predicted octanol–water partition coefficient (Wildman–Crippen LogP) is 3.85. The van der Waals surface area contributed by atoms with Gasteiger partial charge in [-0.15, -0.1) is 0 Å². The molecule has 1 fully saturated rings. The summed E-state index contributed by atoms with van der Waals surface area (Å²) in [5, 5.41) is 8.53. The van der Waals surface area contributed by atoms with E-state index in [9.17, 15) is 19.2 Å². The number of rotatable bonds is 12. The van der Waals surface area contributed by atoms with Crippen molar-refractivity contribution < 1.29 is 23.5 Å². The van der Waals surface area contributed by atoms with Crippen molar-refractivity contribution in [2.24, 2.45) is 11.8 Å². The molecule has 0 spiro atoms. The van der Waals surface area contributed by atoms with E-state index in [4.69, 9.17) is 0 Å². The molecule has 0 aromatic heterocycles. The Balaban J connectivity index is -0.000000817. The summed E-state index contributed by atoms with van der Waals surface area (Å²) < 4.78 is 0. The summed E-state index contributed by atoms with van der Waals surface area (Å²) in [4.78, 5) is 47.1. The van der Waals surface area contributed by atoms with Gasteiger partial charge in [-0.05, 0) is 38.0 Å². The largest absolute Gasteiger partial charge is 0.356 e. The molecule has 1 aliphatic carbocycles. The third kappa shape index (κ3) is 13.3. The molecule has 3 N–H and O–H groups in total. The molecule has 7 heteroatoms. The minimum Gasteiger partial charge on any atom is -0.356 e. The van der Waals surface area contributed by atoms with Gasteiger partial charge in [0.25, 0.3) is 0 Å². The summed E-state index contributed by atoms with van der Waals surface area (Å²) in [5.41, 5.74) is 0. The van der Waals surface area contributed by atoms with Crippen molar-refractivity contribution in [1.29, 1.82) is 0 Å². The Bertz CT molecular complexity index is 541. The second kappa shape index (κ2) is 16.8. The lowest BCUT2D eigenvalue weighted by atomic mass is 9.83. The minimum absolute atomic E-state index is 0. The van der Waals surface area contributed by atoms with Crippen molar-refractivity contribution >= 4 is 23.5 Å². The Hall–Kier alpha value is -1.92. The molecule has 0 radical (unpaired) electrons. The Labute approximate surface area is 187 Å². The zero-order valence-electron chi connectivity index (χ0n) is 19.6. The van der Waals surface area contributed by atoms with Crippen LogP contribution in [0.1, 0.15) is 96.7 Å². The van der Waals surface area contributed by atoms with Crippen molar-refractivity contribution in [2.45, 2.75) is 98.4 Å². The third-order valence-corrected chi connectivity index (χ3v) is 5.09. The van der Waals surface area contributed by atoms with E-state index < -0.39 is 0 Å². The molecule has 1 aliphatic rings. The first-order valence-electron chi connectivity index (χ1n) is 11.7. The van der Waals surface area contributed by atoms with Gasteiger partial charge in [0, 0.05) is 55.0 Å². The Morgan fingerprint density at radius 2 is 1.43 bits per heavy atom. The molecule has 0 bridgehead atoms. The highest BCUT2D eigenvalue weighted by Gasteiger charge is 2.25. The summed E-state index contributed by atoms with van der Waals surface area (Å²) in [6, 6.07) is 0.145. The van der Waals surface area contributed by atoms with Crippen molar-refractivity contribution in [1.82, 2.24) is 16.0 Å². The van der Waals surface area contributed by atoms with Crippen molar-refractivity contribution in [2.75, 3.05) is 13.1 Å². The molecule has 3 amide bonds. The van der Waals surface area contributed by atoms with Crippen LogP contribution in [0.4, 0.5) is 0 Å². The highest BCUT2D eigenvalue weighted by molar-refractivity contribution is 5.81. The maximum atomic E-state index is 12.0. The summed E-state index contributed by atoms with van der Waals surface area (Å²) in [5.74, 6) is 0.652. The lowest BCUT2D eigenvalue weighted by Crippen LogP contribution is -2.38. The molecular weight excluding hydrogens is 382 g/mol. The molecule has 180 valence electrons. The first kappa shape index (κ1) is 28.1. The van der Waals surface area contributed by atoms with Gasteiger partial charge in [0.15, 0.2) is 0 Å². The van der Waals surface area contributed by atoms with Crippen LogP contribution in [0.15, 0.2) is 0 Å². The second-order valence-electron chi connectivity index (χ2n) is 8.09. The monoisotopic (exact) mass is 431 g/mol. The smallest absolute Gasteiger partial charge is 0.221 e. The van der Waals surface area contributed by atoms with Crippen LogP contribution >= 0.6 is 0 Å². The lowest BCUT2D eigenvalue weighted by molar-refractivity contribution is -0.124. The quantitative estimate of drug-likeness (QED) is 0.436. The van der Waals surface area contributed by atoms with Crippen LogP contribution in [0.3, 0.4) is 0 Å². The molecule has 0 unspecified atom stereocenters. The fourth-order valence-corrected chi connectivity index (χ4v) is 3.37. The van der Waals surface area contributed by atoms with Gasteiger partial charge in [-0.2, -0.15) is 0 Å². The van der Waals surface area contributed by atoms with E-state index in [-0.39, 0.29) is 46.8 Å². The summed E-state index contributed by atoms with van der Waals surface area (Å²) >= 11 is 0. The molecule has 0 aliphatic heterocycles. The van der Waals surface area contributed by atoms with E-state index in [0.29, 0.717) is 44.1 Å². The number of carbonyl (C=O) groups excluding carboxylic acids is 4. The first-order valence-corrected chi connectivity index (χ1v) is 11.7. The van der Waals surface area contributed by atoms with Crippen LogP contribution in [-0.4, -0.2) is 42.6 Å². The average molecular weight is 432 g/mol. The van der Waals surface area contributed by atoms with Gasteiger partial charge in [-0.25, -0.2) is 0 Å². The second-order valence-corrected chi connectivity index (χ2v) is 8.09. The van der Waals surface area contributed by atoms with Gasteiger partial charge < -0.3 is 16.0 Å². The zero-order chi connectivity index (χ0) is 22.9. The summed E-state index contributed by atoms with van der Waals surface area (Å²) in [6.07, 6.45) is 5.34. The molecule has 1 rings (SSSR count). The fourth-order valence-electron chi connectivity index (χ4n) is 3.37. The topological polar surface area (TPSA) is 104 Å². The van der Waals surface area contributed by atoms with E-state index in [1.54, 1.807) is 0 Å². The molecule has 0 aromatic rings. The fraction of sp³-hybridized carbons (Fsp3) is 0.826. The van der Waals surface area contributed by atoms with Gasteiger partial charge >= 0.3 is 0 Å². The van der Waals surface area contributed by atoms with Crippen LogP contribution in [0.2, 0.25) is 0 Å². The lowest BCUT2D eigenvalue weighted by Gasteiger charge is -2.28. The SMILES string of the molecule is CC.CCC(=O)C1CCC(NC(=O)CCCC(=O)NCCC(=O)NCC(C)C)CC1.[HH].[HH].[HH]. The molecule has 0 heterocycles. The number of hydrogen-bond acceptors (Lipinski definition) is 4. The van der Waals surface area contributed by atoms with Crippen LogP contribution in [0, 0.1) is 11.8 Å². The van der Waals surface area contributed by atoms with Gasteiger partial charge in [0.05, 0.1) is 0 Å². The molecule has 7 nitrogen and oxygen atoms in total. The van der Waals surface area contributed by atoms with Gasteiger partial charge in [-0.1, -0.05) is 34.6 Å². The third-order valence-electron chi connectivity index (χ3n) is 5.09. The predicted molar refractivity (Wildman–Crippen MR) is 126 cm³/mol. The summed E-state index contributed by atoms with van der Waals surface area (Å²) in [7, 11) is 0. The van der Waals surface area contributed by atoms with Crippen molar-refractivity contribution in [3.8, 4) is 0 Å². The first-order chi connectivity index (χ1) is 14.3. The standard InChI is InChI=1S/C21H37N3O4.C2H6.3H2/c1-4-18(25)16-8-10-17(11-9-16)24-21(28)7-5-6-19(26)22-13-12-20(27)23-14-15(2)3;1-2;;;/h15-17H,4-14H2,1-3H3,(H,22,26)(H,23,27)(H,24,28);1-2H3;3*1H. The molecular formula is C23H49N3O4. The van der Waals surface area contributed by atoms with E-state index in [1.807, 2.05) is 34.6 Å².